The Kier molecular flexibility index (Phi) is 5.34. The van der Waals surface area contributed by atoms with Crippen molar-refractivity contribution in [2.24, 2.45) is 0 Å². The van der Waals surface area contributed by atoms with Crippen LogP contribution in [0, 0.1) is 0 Å². The minimum atomic E-state index is -1.22. The average Bonchev–Trinajstić information content (AvgIpc) is 2.61. The fourth-order valence-electron chi connectivity index (χ4n) is 2.57. The van der Waals surface area contributed by atoms with Crippen molar-refractivity contribution in [3.63, 3.8) is 0 Å². The Bertz CT molecular complexity index is 907. The van der Waals surface area contributed by atoms with Crippen molar-refractivity contribution >= 4 is 32.8 Å². The van der Waals surface area contributed by atoms with Gasteiger partial charge in [0.05, 0.1) is 23.8 Å². The molecule has 2 aromatic carbocycles. The lowest BCUT2D eigenvalue weighted by molar-refractivity contribution is -0.254. The van der Waals surface area contributed by atoms with Gasteiger partial charge < -0.3 is 14.6 Å². The highest BCUT2D eigenvalue weighted by Gasteiger charge is 2.09. The molecule has 0 spiro atoms. The minimum Gasteiger partial charge on any atom is -0.545 e. The van der Waals surface area contributed by atoms with Gasteiger partial charge in [-0.1, -0.05) is 29.3 Å². The first kappa shape index (κ1) is 17.4. The van der Waals surface area contributed by atoms with Crippen molar-refractivity contribution < 1.29 is 14.6 Å². The second-order valence-corrected chi connectivity index (χ2v) is 6.65. The summed E-state index contributed by atoms with van der Waals surface area (Å²) in [5, 5.41) is 12.1. The van der Waals surface area contributed by atoms with Crippen molar-refractivity contribution in [3.8, 4) is 17.0 Å². The molecule has 0 amide bonds. The van der Waals surface area contributed by atoms with Gasteiger partial charge in [-0.25, -0.2) is 4.98 Å². The van der Waals surface area contributed by atoms with Crippen LogP contribution in [0.3, 0.4) is 0 Å². The Morgan fingerprint density at radius 3 is 2.60 bits per heavy atom. The SMILES string of the molecule is CCCCOc1ccc(-c2cc(C(=O)[O-])c3cc(Br)ccc3n2)cc1. The number of aromatic carboxylic acids is 1. The van der Waals surface area contributed by atoms with Crippen LogP contribution in [0.15, 0.2) is 53.0 Å². The van der Waals surface area contributed by atoms with E-state index in [9.17, 15) is 9.90 Å². The predicted octanol–water partition coefficient (Wildman–Crippen LogP) is 4.21. The molecular weight excluding hydrogens is 382 g/mol. The van der Waals surface area contributed by atoms with Crippen LogP contribution >= 0.6 is 15.9 Å². The number of pyridine rings is 1. The van der Waals surface area contributed by atoms with Gasteiger partial charge >= 0.3 is 0 Å². The summed E-state index contributed by atoms with van der Waals surface area (Å²) in [6.07, 6.45) is 2.10. The van der Waals surface area contributed by atoms with E-state index in [0.29, 0.717) is 23.2 Å². The van der Waals surface area contributed by atoms with Crippen LogP contribution in [0.2, 0.25) is 0 Å². The molecule has 1 aromatic heterocycles. The normalized spacial score (nSPS) is 10.8. The van der Waals surface area contributed by atoms with Crippen LogP contribution in [-0.4, -0.2) is 17.6 Å². The Morgan fingerprint density at radius 2 is 1.92 bits per heavy atom. The number of hydrogen-bond acceptors (Lipinski definition) is 4. The standard InChI is InChI=1S/C20H18BrNO3/c1-2-3-10-25-15-7-4-13(5-8-15)19-12-17(20(23)24)16-11-14(21)6-9-18(16)22-19/h4-9,11-12H,2-3,10H2,1H3,(H,23,24)/p-1. The quantitative estimate of drug-likeness (QED) is 0.583. The molecule has 0 bridgehead atoms. The maximum Gasteiger partial charge on any atom is 0.119 e. The van der Waals surface area contributed by atoms with Crippen molar-refractivity contribution in [1.29, 1.82) is 0 Å². The van der Waals surface area contributed by atoms with Gasteiger partial charge in [0.2, 0.25) is 0 Å². The first-order chi connectivity index (χ1) is 12.1. The fraction of sp³-hybridized carbons (Fsp3) is 0.200. The molecule has 1 heterocycles. The number of halogens is 1. The van der Waals surface area contributed by atoms with Crippen molar-refractivity contribution in [3.05, 3.63) is 58.6 Å². The number of carbonyl (C=O) groups is 1. The Labute approximate surface area is 154 Å². The van der Waals surface area contributed by atoms with Gasteiger partial charge in [-0.15, -0.1) is 0 Å². The van der Waals surface area contributed by atoms with Gasteiger partial charge in [0.15, 0.2) is 0 Å². The van der Waals surface area contributed by atoms with Gasteiger partial charge in [0.25, 0.3) is 0 Å². The summed E-state index contributed by atoms with van der Waals surface area (Å²) in [7, 11) is 0. The molecule has 0 saturated heterocycles. The second kappa shape index (κ2) is 7.66. The number of carboxylic acids is 1. The Hall–Kier alpha value is -2.40. The molecule has 0 aliphatic rings. The van der Waals surface area contributed by atoms with Gasteiger partial charge in [-0.2, -0.15) is 0 Å². The van der Waals surface area contributed by atoms with Crippen LogP contribution < -0.4 is 9.84 Å². The maximum absolute atomic E-state index is 11.5. The van der Waals surface area contributed by atoms with E-state index in [1.54, 1.807) is 18.2 Å². The summed E-state index contributed by atoms with van der Waals surface area (Å²) in [6.45, 7) is 2.80. The molecule has 128 valence electrons. The van der Waals surface area contributed by atoms with E-state index in [0.717, 1.165) is 28.6 Å². The lowest BCUT2D eigenvalue weighted by Crippen LogP contribution is -2.22. The van der Waals surface area contributed by atoms with Gasteiger partial charge in [-0.3, -0.25) is 0 Å². The van der Waals surface area contributed by atoms with E-state index in [2.05, 4.69) is 27.8 Å². The van der Waals surface area contributed by atoms with E-state index in [1.165, 1.54) is 0 Å². The highest BCUT2D eigenvalue weighted by molar-refractivity contribution is 9.10. The second-order valence-electron chi connectivity index (χ2n) is 5.73. The molecule has 0 fully saturated rings. The summed E-state index contributed by atoms with van der Waals surface area (Å²) >= 11 is 3.36. The average molecular weight is 399 g/mol. The van der Waals surface area contributed by atoms with E-state index in [1.807, 2.05) is 30.3 Å². The summed E-state index contributed by atoms with van der Waals surface area (Å²) in [5.74, 6) is -0.423. The Balaban J connectivity index is 1.98. The number of ether oxygens (including phenoxy) is 1. The number of hydrogen-bond donors (Lipinski definition) is 0. The smallest absolute Gasteiger partial charge is 0.119 e. The van der Waals surface area contributed by atoms with E-state index >= 15 is 0 Å². The topological polar surface area (TPSA) is 62.2 Å². The molecule has 0 atom stereocenters. The van der Waals surface area contributed by atoms with Crippen LogP contribution in [0.25, 0.3) is 22.2 Å². The molecule has 0 N–H and O–H groups in total. The molecule has 4 nitrogen and oxygen atoms in total. The lowest BCUT2D eigenvalue weighted by Gasteiger charge is -2.11. The van der Waals surface area contributed by atoms with Crippen LogP contribution in [-0.2, 0) is 0 Å². The molecule has 25 heavy (non-hydrogen) atoms. The molecule has 3 aromatic rings. The maximum atomic E-state index is 11.5. The largest absolute Gasteiger partial charge is 0.545 e. The van der Waals surface area contributed by atoms with Crippen LogP contribution in [0.4, 0.5) is 0 Å². The number of carbonyl (C=O) groups excluding carboxylic acids is 1. The fourth-order valence-corrected chi connectivity index (χ4v) is 2.93. The van der Waals surface area contributed by atoms with Gasteiger partial charge in [-0.05, 0) is 55.0 Å². The van der Waals surface area contributed by atoms with E-state index in [4.69, 9.17) is 4.74 Å². The van der Waals surface area contributed by atoms with Crippen molar-refractivity contribution in [2.75, 3.05) is 6.61 Å². The zero-order valence-corrected chi connectivity index (χ0v) is 15.4. The first-order valence-corrected chi connectivity index (χ1v) is 8.92. The zero-order valence-electron chi connectivity index (χ0n) is 13.8. The third-order valence-corrected chi connectivity index (χ3v) is 4.40. The molecular formula is C20H17BrNO3-. The summed E-state index contributed by atoms with van der Waals surface area (Å²) in [4.78, 5) is 16.1. The van der Waals surface area contributed by atoms with Crippen LogP contribution in [0.5, 0.6) is 5.75 Å². The van der Waals surface area contributed by atoms with Crippen LogP contribution in [0.1, 0.15) is 30.1 Å². The third kappa shape index (κ3) is 3.99. The van der Waals surface area contributed by atoms with Crippen molar-refractivity contribution in [1.82, 2.24) is 4.98 Å². The molecule has 5 heteroatoms. The predicted molar refractivity (Wildman–Crippen MR) is 99.6 cm³/mol. The minimum absolute atomic E-state index is 0.129. The number of carboxylic acid groups (broad SMARTS) is 1. The number of nitrogens with zero attached hydrogens (tertiary/aromatic N) is 1. The lowest BCUT2D eigenvalue weighted by atomic mass is 10.0. The number of benzene rings is 2. The van der Waals surface area contributed by atoms with Gasteiger partial charge in [0.1, 0.15) is 5.75 Å². The molecule has 0 unspecified atom stereocenters. The number of rotatable bonds is 6. The molecule has 3 rings (SSSR count). The number of fused-ring (bicyclic) bond motifs is 1. The van der Waals surface area contributed by atoms with Gasteiger partial charge in [0, 0.05) is 21.0 Å². The zero-order chi connectivity index (χ0) is 17.8. The molecule has 0 aliphatic heterocycles. The highest BCUT2D eigenvalue weighted by Crippen LogP contribution is 2.28. The number of unbranched alkanes of at least 4 members (excludes halogenated alkanes) is 1. The summed E-state index contributed by atoms with van der Waals surface area (Å²) < 4.78 is 6.45. The summed E-state index contributed by atoms with van der Waals surface area (Å²) in [6, 6.07) is 14.4. The van der Waals surface area contributed by atoms with E-state index < -0.39 is 5.97 Å². The van der Waals surface area contributed by atoms with Crippen molar-refractivity contribution in [2.45, 2.75) is 19.8 Å². The Morgan fingerprint density at radius 1 is 1.16 bits per heavy atom. The third-order valence-electron chi connectivity index (χ3n) is 3.91. The summed E-state index contributed by atoms with van der Waals surface area (Å²) in [5.41, 5.74) is 2.16. The monoisotopic (exact) mass is 398 g/mol. The highest BCUT2D eigenvalue weighted by atomic mass is 79.9. The molecule has 0 radical (unpaired) electrons. The molecule has 0 aliphatic carbocycles. The van der Waals surface area contributed by atoms with E-state index in [-0.39, 0.29) is 5.56 Å². The first-order valence-electron chi connectivity index (χ1n) is 8.13. The number of aromatic nitrogens is 1. The molecule has 0 saturated carbocycles.